The molecule has 3 aromatic rings. The number of benzene rings is 3. The Kier molecular flexibility index (Phi) is 5.20. The Morgan fingerprint density at radius 3 is 2.42 bits per heavy atom. The topological polar surface area (TPSA) is 40.6 Å². The van der Waals surface area contributed by atoms with Crippen LogP contribution in [0.5, 0.6) is 0 Å². The number of aryl methyl sites for hydroxylation is 1. The molecule has 168 valence electrons. The van der Waals surface area contributed by atoms with Gasteiger partial charge in [0.1, 0.15) is 17.5 Å². The number of halogens is 3. The predicted molar refractivity (Wildman–Crippen MR) is 120 cm³/mol. The van der Waals surface area contributed by atoms with Crippen LogP contribution in [0.25, 0.3) is 0 Å². The first-order valence-electron chi connectivity index (χ1n) is 10.4. The number of carbonyl (C=O) groups is 2. The average molecular weight is 469 g/mol. The molecular formula is C25H19F3N2O2S. The van der Waals surface area contributed by atoms with Gasteiger partial charge in [-0.2, -0.15) is 0 Å². The van der Waals surface area contributed by atoms with Crippen molar-refractivity contribution in [2.75, 3.05) is 17.2 Å². The maximum absolute atomic E-state index is 14.4. The van der Waals surface area contributed by atoms with E-state index in [2.05, 4.69) is 0 Å². The van der Waals surface area contributed by atoms with Gasteiger partial charge in [-0.25, -0.2) is 13.2 Å². The molecule has 3 aromatic carbocycles. The molecule has 0 radical (unpaired) electrons. The second-order valence-corrected chi connectivity index (χ2v) is 9.36. The van der Waals surface area contributed by atoms with Gasteiger partial charge in [0.25, 0.3) is 11.8 Å². The minimum atomic E-state index is -1.35. The molecule has 0 bridgehead atoms. The summed E-state index contributed by atoms with van der Waals surface area (Å²) in [4.78, 5) is 28.8. The third-order valence-corrected chi connectivity index (χ3v) is 7.48. The van der Waals surface area contributed by atoms with Crippen LogP contribution in [0.3, 0.4) is 0 Å². The lowest BCUT2D eigenvalue weighted by Gasteiger charge is -2.33. The Morgan fingerprint density at radius 2 is 1.73 bits per heavy atom. The number of thioether (sulfide) groups is 1. The standard InChI is InChI=1S/C25H19F3N2O2S/c1-15-5-10-22-19(13-15)25(24(32)29(22)14-18-20(27)3-2-4-21(18)28)30(11-12-33-25)23(31)16-6-8-17(26)9-7-16/h2-10,13H,11-12,14H2,1H3. The van der Waals surface area contributed by atoms with Crippen molar-refractivity contribution in [2.24, 2.45) is 0 Å². The quantitative estimate of drug-likeness (QED) is 0.543. The van der Waals surface area contributed by atoms with Gasteiger partial charge >= 0.3 is 0 Å². The van der Waals surface area contributed by atoms with Gasteiger partial charge in [0.05, 0.1) is 12.2 Å². The van der Waals surface area contributed by atoms with Gasteiger partial charge in [0, 0.05) is 29.0 Å². The summed E-state index contributed by atoms with van der Waals surface area (Å²) in [5.41, 5.74) is 2.07. The van der Waals surface area contributed by atoms with Crippen LogP contribution in [0.2, 0.25) is 0 Å². The van der Waals surface area contributed by atoms with E-state index in [4.69, 9.17) is 0 Å². The number of nitrogens with zero attached hydrogens (tertiary/aromatic N) is 2. The van der Waals surface area contributed by atoms with Crippen molar-refractivity contribution in [3.05, 3.63) is 100 Å². The summed E-state index contributed by atoms with van der Waals surface area (Å²) >= 11 is 1.32. The molecule has 1 fully saturated rings. The molecule has 2 aliphatic rings. The first-order chi connectivity index (χ1) is 15.8. The molecule has 0 saturated carbocycles. The highest BCUT2D eigenvalue weighted by Crippen LogP contribution is 2.55. The maximum Gasteiger partial charge on any atom is 0.268 e. The number of fused-ring (bicyclic) bond motifs is 2. The summed E-state index contributed by atoms with van der Waals surface area (Å²) in [6.45, 7) is 1.89. The lowest BCUT2D eigenvalue weighted by atomic mass is 10.0. The zero-order valence-corrected chi connectivity index (χ0v) is 18.5. The Morgan fingerprint density at radius 1 is 1.03 bits per heavy atom. The Labute approximate surface area is 193 Å². The van der Waals surface area contributed by atoms with E-state index in [1.54, 1.807) is 6.07 Å². The summed E-state index contributed by atoms with van der Waals surface area (Å²) in [5.74, 6) is -2.27. The van der Waals surface area contributed by atoms with Gasteiger partial charge in [0.15, 0.2) is 4.87 Å². The van der Waals surface area contributed by atoms with Crippen LogP contribution in [0.15, 0.2) is 60.7 Å². The molecule has 33 heavy (non-hydrogen) atoms. The van der Waals surface area contributed by atoms with Crippen LogP contribution in [-0.2, 0) is 16.2 Å². The van der Waals surface area contributed by atoms with E-state index < -0.39 is 34.1 Å². The van der Waals surface area contributed by atoms with Crippen molar-refractivity contribution in [2.45, 2.75) is 18.3 Å². The molecule has 8 heteroatoms. The molecule has 0 aliphatic carbocycles. The zero-order chi connectivity index (χ0) is 23.3. The van der Waals surface area contributed by atoms with E-state index in [0.29, 0.717) is 23.5 Å². The van der Waals surface area contributed by atoms with Crippen LogP contribution >= 0.6 is 11.8 Å². The highest BCUT2D eigenvalue weighted by Gasteiger charge is 2.59. The molecule has 2 aliphatic heterocycles. The summed E-state index contributed by atoms with van der Waals surface area (Å²) < 4.78 is 42.2. The van der Waals surface area contributed by atoms with Crippen molar-refractivity contribution in [3.63, 3.8) is 0 Å². The Bertz CT molecular complexity index is 1260. The van der Waals surface area contributed by atoms with Crippen molar-refractivity contribution < 1.29 is 22.8 Å². The molecule has 2 heterocycles. The number of anilines is 1. The Balaban J connectivity index is 1.61. The Hall–Kier alpha value is -3.26. The molecule has 0 aromatic heterocycles. The summed E-state index contributed by atoms with van der Waals surface area (Å²) in [6.07, 6.45) is 0. The van der Waals surface area contributed by atoms with Crippen molar-refractivity contribution >= 4 is 29.3 Å². The highest BCUT2D eigenvalue weighted by atomic mass is 32.2. The van der Waals surface area contributed by atoms with E-state index in [0.717, 1.165) is 17.7 Å². The molecule has 5 rings (SSSR count). The predicted octanol–water partition coefficient (Wildman–Crippen LogP) is 5.00. The summed E-state index contributed by atoms with van der Waals surface area (Å²) in [7, 11) is 0. The smallest absolute Gasteiger partial charge is 0.268 e. The van der Waals surface area contributed by atoms with E-state index in [1.165, 1.54) is 51.9 Å². The zero-order valence-electron chi connectivity index (χ0n) is 17.6. The van der Waals surface area contributed by atoms with Crippen LogP contribution < -0.4 is 4.90 Å². The average Bonchev–Trinajstić information content (AvgIpc) is 3.33. The van der Waals surface area contributed by atoms with Gasteiger partial charge in [0.2, 0.25) is 0 Å². The minimum absolute atomic E-state index is 0.214. The number of rotatable bonds is 3. The largest absolute Gasteiger partial charge is 0.311 e. The third kappa shape index (κ3) is 3.31. The molecule has 1 unspecified atom stereocenters. The molecule has 1 saturated heterocycles. The number of hydrogen-bond donors (Lipinski definition) is 0. The van der Waals surface area contributed by atoms with Gasteiger partial charge in [-0.1, -0.05) is 23.8 Å². The van der Waals surface area contributed by atoms with Gasteiger partial charge in [-0.05, 0) is 49.4 Å². The number of carbonyl (C=O) groups excluding carboxylic acids is 2. The lowest BCUT2D eigenvalue weighted by Crippen LogP contribution is -2.50. The van der Waals surface area contributed by atoms with E-state index in [-0.39, 0.29) is 17.7 Å². The summed E-state index contributed by atoms with van der Waals surface area (Å²) in [5, 5.41) is 0. The molecule has 0 N–H and O–H groups in total. The van der Waals surface area contributed by atoms with Crippen molar-refractivity contribution in [1.29, 1.82) is 0 Å². The van der Waals surface area contributed by atoms with Crippen LogP contribution in [0.4, 0.5) is 18.9 Å². The second kappa shape index (κ2) is 7.95. The lowest BCUT2D eigenvalue weighted by molar-refractivity contribution is -0.123. The van der Waals surface area contributed by atoms with Crippen LogP contribution in [-0.4, -0.2) is 29.0 Å². The molecule has 1 spiro atoms. The second-order valence-electron chi connectivity index (χ2n) is 8.07. The van der Waals surface area contributed by atoms with Crippen molar-refractivity contribution in [1.82, 2.24) is 4.90 Å². The number of hydrogen-bond acceptors (Lipinski definition) is 3. The minimum Gasteiger partial charge on any atom is -0.311 e. The molecular weight excluding hydrogens is 449 g/mol. The SMILES string of the molecule is Cc1ccc2c(c1)C1(SCCN1C(=O)c1ccc(F)cc1)C(=O)N2Cc1c(F)cccc1F. The monoisotopic (exact) mass is 468 g/mol. The van der Waals surface area contributed by atoms with E-state index in [9.17, 15) is 22.8 Å². The first-order valence-corrected chi connectivity index (χ1v) is 11.4. The normalized spacial score (nSPS) is 19.5. The van der Waals surface area contributed by atoms with Gasteiger partial charge in [-0.15, -0.1) is 11.8 Å². The maximum atomic E-state index is 14.4. The fourth-order valence-electron chi connectivity index (χ4n) is 4.48. The summed E-state index contributed by atoms with van der Waals surface area (Å²) in [6, 6.07) is 14.2. The van der Waals surface area contributed by atoms with Crippen molar-refractivity contribution in [3.8, 4) is 0 Å². The first kappa shape index (κ1) is 21.6. The van der Waals surface area contributed by atoms with E-state index >= 15 is 0 Å². The fourth-order valence-corrected chi connectivity index (χ4v) is 5.93. The van der Waals surface area contributed by atoms with Crippen LogP contribution in [0.1, 0.15) is 27.0 Å². The fraction of sp³-hybridized carbons (Fsp3) is 0.200. The van der Waals surface area contributed by atoms with Gasteiger partial charge < -0.3 is 9.80 Å². The molecule has 1 atom stereocenters. The van der Waals surface area contributed by atoms with Crippen LogP contribution in [0, 0.1) is 24.4 Å². The van der Waals surface area contributed by atoms with E-state index in [1.807, 2.05) is 19.1 Å². The van der Waals surface area contributed by atoms with Gasteiger partial charge in [-0.3, -0.25) is 9.59 Å². The third-order valence-electron chi connectivity index (χ3n) is 6.06. The number of amides is 2. The highest BCUT2D eigenvalue weighted by molar-refractivity contribution is 8.01. The molecule has 2 amide bonds. The molecule has 4 nitrogen and oxygen atoms in total.